The minimum Gasteiger partial charge on any atom is -0.469 e. The summed E-state index contributed by atoms with van der Waals surface area (Å²) in [6, 6.07) is 3.84. The number of aliphatic imine (C=N–C) groups is 1. The number of hydrogen-bond acceptors (Lipinski definition) is 4. The number of halogens is 1. The molecule has 0 radical (unpaired) electrons. The molecule has 0 amide bonds. The van der Waals surface area contributed by atoms with Gasteiger partial charge in [-0.05, 0) is 18.1 Å². The number of guanidine groups is 1. The molecule has 1 aliphatic heterocycles. The van der Waals surface area contributed by atoms with Crippen molar-refractivity contribution in [1.82, 2.24) is 10.2 Å². The van der Waals surface area contributed by atoms with Gasteiger partial charge in [-0.25, -0.2) is 0 Å². The summed E-state index contributed by atoms with van der Waals surface area (Å²) in [6.07, 6.45) is 2.48. The van der Waals surface area contributed by atoms with E-state index in [1.807, 2.05) is 12.1 Å². The van der Waals surface area contributed by atoms with Crippen LogP contribution < -0.4 is 5.32 Å². The molecule has 2 atom stereocenters. The van der Waals surface area contributed by atoms with Crippen LogP contribution in [0, 0.1) is 11.8 Å². The summed E-state index contributed by atoms with van der Waals surface area (Å²) < 4.78 is 10.2. The second-order valence-corrected chi connectivity index (χ2v) is 5.32. The third-order valence-corrected chi connectivity index (χ3v) is 3.86. The predicted octanol–water partition coefficient (Wildman–Crippen LogP) is 1.76. The molecule has 0 spiro atoms. The third-order valence-electron chi connectivity index (χ3n) is 3.86. The lowest BCUT2D eigenvalue weighted by Gasteiger charge is -2.21. The molecule has 0 saturated carbocycles. The van der Waals surface area contributed by atoms with Crippen LogP contribution in [-0.4, -0.2) is 50.6 Å². The van der Waals surface area contributed by atoms with Gasteiger partial charge >= 0.3 is 5.97 Å². The Bertz CT molecular complexity index is 490. The highest BCUT2D eigenvalue weighted by Gasteiger charge is 2.36. The Morgan fingerprint density at radius 1 is 1.55 bits per heavy atom. The van der Waals surface area contributed by atoms with E-state index in [-0.39, 0.29) is 41.8 Å². The molecular weight excluding hydrogens is 397 g/mol. The van der Waals surface area contributed by atoms with Crippen LogP contribution in [0.4, 0.5) is 0 Å². The van der Waals surface area contributed by atoms with E-state index in [1.165, 1.54) is 7.11 Å². The minimum atomic E-state index is -0.143. The Balaban J connectivity index is 0.00000242. The zero-order chi connectivity index (χ0) is 15.2. The Kier molecular flexibility index (Phi) is 7.70. The Morgan fingerprint density at radius 2 is 2.32 bits per heavy atom. The summed E-state index contributed by atoms with van der Waals surface area (Å²) in [5, 5.41) is 3.31. The van der Waals surface area contributed by atoms with Crippen molar-refractivity contribution in [3.05, 3.63) is 24.2 Å². The van der Waals surface area contributed by atoms with E-state index in [9.17, 15) is 4.79 Å². The maximum atomic E-state index is 11.7. The molecule has 2 unspecified atom stereocenters. The number of furan rings is 1. The monoisotopic (exact) mass is 421 g/mol. The fourth-order valence-corrected chi connectivity index (χ4v) is 2.68. The molecule has 124 valence electrons. The van der Waals surface area contributed by atoms with Crippen LogP contribution in [0.2, 0.25) is 0 Å². The van der Waals surface area contributed by atoms with Gasteiger partial charge in [0.25, 0.3) is 0 Å². The van der Waals surface area contributed by atoms with Gasteiger partial charge in [-0.15, -0.1) is 24.0 Å². The van der Waals surface area contributed by atoms with Crippen LogP contribution >= 0.6 is 24.0 Å². The van der Waals surface area contributed by atoms with E-state index < -0.39 is 0 Å². The van der Waals surface area contributed by atoms with Crippen molar-refractivity contribution >= 4 is 35.9 Å². The second kappa shape index (κ2) is 9.02. The van der Waals surface area contributed by atoms with Crippen molar-refractivity contribution in [3.8, 4) is 0 Å². The van der Waals surface area contributed by atoms with Gasteiger partial charge in [-0.2, -0.15) is 0 Å². The number of ether oxygens (including phenoxy) is 1. The molecule has 1 aromatic heterocycles. The number of hydrogen-bond donors (Lipinski definition) is 1. The van der Waals surface area contributed by atoms with E-state index in [1.54, 1.807) is 13.3 Å². The second-order valence-electron chi connectivity index (χ2n) is 5.32. The van der Waals surface area contributed by atoms with Gasteiger partial charge in [0.2, 0.25) is 0 Å². The van der Waals surface area contributed by atoms with Crippen molar-refractivity contribution in [2.45, 2.75) is 13.3 Å². The maximum absolute atomic E-state index is 11.7. The lowest BCUT2D eigenvalue weighted by atomic mass is 9.99. The Morgan fingerprint density at radius 3 is 2.91 bits per heavy atom. The summed E-state index contributed by atoms with van der Waals surface area (Å²) in [4.78, 5) is 18.1. The number of carbonyl (C=O) groups is 1. The highest BCUT2D eigenvalue weighted by Crippen LogP contribution is 2.23. The van der Waals surface area contributed by atoms with Gasteiger partial charge in [-0.1, -0.05) is 6.92 Å². The lowest BCUT2D eigenvalue weighted by molar-refractivity contribution is -0.145. The molecule has 1 aromatic rings. The summed E-state index contributed by atoms with van der Waals surface area (Å²) in [6.45, 7) is 4.26. The van der Waals surface area contributed by atoms with Crippen LogP contribution in [0.5, 0.6) is 0 Å². The van der Waals surface area contributed by atoms with E-state index in [0.29, 0.717) is 6.54 Å². The fraction of sp³-hybridized carbons (Fsp3) is 0.600. The van der Waals surface area contributed by atoms with Gasteiger partial charge in [0.15, 0.2) is 5.96 Å². The van der Waals surface area contributed by atoms with Crippen LogP contribution in [0.1, 0.15) is 12.7 Å². The van der Waals surface area contributed by atoms with Crippen LogP contribution in [0.15, 0.2) is 27.8 Å². The molecule has 22 heavy (non-hydrogen) atoms. The highest BCUT2D eigenvalue weighted by molar-refractivity contribution is 14.0. The van der Waals surface area contributed by atoms with Gasteiger partial charge in [-0.3, -0.25) is 9.79 Å². The molecule has 1 aliphatic rings. The number of carbonyl (C=O) groups excluding carboxylic acids is 1. The number of likely N-dealkylation sites (tertiary alicyclic amines) is 1. The summed E-state index contributed by atoms with van der Waals surface area (Å²) in [7, 11) is 3.19. The van der Waals surface area contributed by atoms with Gasteiger partial charge in [0.05, 0.1) is 19.3 Å². The molecule has 7 heteroatoms. The first-order valence-electron chi connectivity index (χ1n) is 7.21. The third kappa shape index (κ3) is 4.62. The number of methoxy groups -OCH3 is 1. The van der Waals surface area contributed by atoms with Crippen LogP contribution in [0.3, 0.4) is 0 Å². The average Bonchev–Trinajstić information content (AvgIpc) is 3.12. The number of rotatable bonds is 4. The standard InChI is InChI=1S/C15H23N3O3.HI/c1-11-9-18(10-13(11)14(19)20-3)15(16-2)17-7-6-12-5-4-8-21-12;/h4-5,8,11,13H,6-7,9-10H2,1-3H3,(H,16,17);1H. The first-order chi connectivity index (χ1) is 10.2. The molecule has 2 heterocycles. The predicted molar refractivity (Wildman–Crippen MR) is 95.4 cm³/mol. The summed E-state index contributed by atoms with van der Waals surface area (Å²) in [5.41, 5.74) is 0. The number of esters is 1. The van der Waals surface area contributed by atoms with Gasteiger partial charge in [0.1, 0.15) is 5.76 Å². The minimum absolute atomic E-state index is 0. The molecular formula is C15H24IN3O3. The zero-order valence-electron chi connectivity index (χ0n) is 13.2. The Hall–Kier alpha value is -1.25. The maximum Gasteiger partial charge on any atom is 0.310 e. The molecule has 6 nitrogen and oxygen atoms in total. The molecule has 0 bridgehead atoms. The highest BCUT2D eigenvalue weighted by atomic mass is 127. The van der Waals surface area contributed by atoms with Crippen molar-refractivity contribution < 1.29 is 13.9 Å². The molecule has 2 rings (SSSR count). The van der Waals surface area contributed by atoms with E-state index in [2.05, 4.69) is 22.1 Å². The first-order valence-corrected chi connectivity index (χ1v) is 7.21. The van der Waals surface area contributed by atoms with Crippen molar-refractivity contribution in [1.29, 1.82) is 0 Å². The molecule has 1 N–H and O–H groups in total. The van der Waals surface area contributed by atoms with Crippen molar-refractivity contribution in [3.63, 3.8) is 0 Å². The molecule has 1 saturated heterocycles. The van der Waals surface area contributed by atoms with Crippen LogP contribution in [-0.2, 0) is 16.0 Å². The van der Waals surface area contributed by atoms with Gasteiger partial charge < -0.3 is 19.4 Å². The Labute approximate surface area is 148 Å². The number of nitrogens with zero attached hydrogens (tertiary/aromatic N) is 2. The van der Waals surface area contributed by atoms with Gasteiger partial charge in [0, 0.05) is 33.1 Å². The number of nitrogens with one attached hydrogen (secondary N) is 1. The molecule has 1 fully saturated rings. The van der Waals surface area contributed by atoms with E-state index in [4.69, 9.17) is 9.15 Å². The average molecular weight is 421 g/mol. The SMILES string of the molecule is CN=C(NCCc1ccco1)N1CC(C)C(C(=O)OC)C1.I. The topological polar surface area (TPSA) is 67.1 Å². The largest absolute Gasteiger partial charge is 0.469 e. The van der Waals surface area contributed by atoms with Crippen LogP contribution in [0.25, 0.3) is 0 Å². The lowest BCUT2D eigenvalue weighted by Crippen LogP contribution is -2.41. The smallest absolute Gasteiger partial charge is 0.310 e. The van der Waals surface area contributed by atoms with E-state index >= 15 is 0 Å². The zero-order valence-corrected chi connectivity index (χ0v) is 15.6. The summed E-state index contributed by atoms with van der Waals surface area (Å²) >= 11 is 0. The quantitative estimate of drug-likeness (QED) is 0.348. The van der Waals surface area contributed by atoms with Crippen molar-refractivity contribution in [2.24, 2.45) is 16.8 Å². The molecule has 0 aromatic carbocycles. The fourth-order valence-electron chi connectivity index (χ4n) is 2.68. The summed E-state index contributed by atoms with van der Waals surface area (Å²) in [5.74, 6) is 1.80. The van der Waals surface area contributed by atoms with Crippen molar-refractivity contribution in [2.75, 3.05) is 33.8 Å². The molecule has 0 aliphatic carbocycles. The first kappa shape index (κ1) is 18.8. The van der Waals surface area contributed by atoms with E-state index in [0.717, 1.165) is 31.2 Å². The normalized spacial score (nSPS) is 21.4.